The van der Waals surface area contributed by atoms with Gasteiger partial charge in [0, 0.05) is 36.0 Å². The van der Waals surface area contributed by atoms with Gasteiger partial charge in [-0.05, 0) is 79.6 Å². The van der Waals surface area contributed by atoms with E-state index in [0.29, 0.717) is 16.2 Å². The van der Waals surface area contributed by atoms with Crippen molar-refractivity contribution in [3.05, 3.63) is 107 Å². The first kappa shape index (κ1) is 25.1. The summed E-state index contributed by atoms with van der Waals surface area (Å²) >= 11 is 1.44. The molecule has 2 aliphatic rings. The average Bonchev–Trinajstić information content (AvgIpc) is 3.57. The summed E-state index contributed by atoms with van der Waals surface area (Å²) < 4.78 is 21.6. The van der Waals surface area contributed by atoms with E-state index in [4.69, 9.17) is 9.84 Å². The number of aliphatic imine (C=N–C) groups is 1. The van der Waals surface area contributed by atoms with Crippen molar-refractivity contribution >= 4 is 28.9 Å². The van der Waals surface area contributed by atoms with Crippen molar-refractivity contribution in [2.24, 2.45) is 4.99 Å². The molecule has 8 heteroatoms. The Balaban J connectivity index is 1.27. The number of piperidine rings is 1. The standard InChI is InChI=1S/C31H27FN4O2S/c32-27-12-6-5-9-23(27)21-38-26-15-13-22(14-16-26)29-24(20-36(34-29)25-10-3-1-4-11-25)19-28-30(37)33-31(39-28)35-17-7-2-8-18-35/h1,3-6,9-16,19-20H,2,7-8,17-18,21H2. The minimum absolute atomic E-state index is 0.144. The second-order valence-corrected chi connectivity index (χ2v) is 10.5. The fourth-order valence-corrected chi connectivity index (χ4v) is 5.63. The van der Waals surface area contributed by atoms with Crippen LogP contribution in [0.4, 0.5) is 4.39 Å². The first-order valence-corrected chi connectivity index (χ1v) is 13.8. The van der Waals surface area contributed by atoms with Crippen LogP contribution in [0.3, 0.4) is 0 Å². The number of amides is 1. The molecule has 1 aromatic heterocycles. The van der Waals surface area contributed by atoms with Crippen LogP contribution < -0.4 is 4.74 Å². The van der Waals surface area contributed by atoms with E-state index in [2.05, 4.69) is 9.89 Å². The molecule has 0 unspecified atom stereocenters. The maximum atomic E-state index is 14.0. The quantitative estimate of drug-likeness (QED) is 0.255. The van der Waals surface area contributed by atoms with Gasteiger partial charge < -0.3 is 9.64 Å². The van der Waals surface area contributed by atoms with Crippen molar-refractivity contribution in [3.63, 3.8) is 0 Å². The van der Waals surface area contributed by atoms with Crippen molar-refractivity contribution in [3.8, 4) is 22.7 Å². The molecule has 6 nitrogen and oxygen atoms in total. The molecule has 1 saturated heterocycles. The first-order valence-electron chi connectivity index (χ1n) is 13.0. The number of thioether (sulfide) groups is 1. The third-order valence-electron chi connectivity index (χ3n) is 6.77. The van der Waals surface area contributed by atoms with Gasteiger partial charge in [-0.15, -0.1) is 0 Å². The van der Waals surface area contributed by atoms with Gasteiger partial charge in [-0.25, -0.2) is 9.07 Å². The lowest BCUT2D eigenvalue weighted by molar-refractivity contribution is -0.113. The van der Waals surface area contributed by atoms with Gasteiger partial charge in [0.1, 0.15) is 18.2 Å². The van der Waals surface area contributed by atoms with E-state index in [-0.39, 0.29) is 18.3 Å². The topological polar surface area (TPSA) is 59.7 Å². The number of amidine groups is 1. The number of benzene rings is 3. The lowest BCUT2D eigenvalue weighted by Gasteiger charge is -2.27. The van der Waals surface area contributed by atoms with E-state index in [9.17, 15) is 9.18 Å². The third kappa shape index (κ3) is 5.66. The highest BCUT2D eigenvalue weighted by Gasteiger charge is 2.27. The SMILES string of the molecule is O=C1N=C(N2CCCCC2)SC1=Cc1cn(-c2ccccc2)nc1-c1ccc(OCc2ccccc2F)cc1. The number of aromatic nitrogens is 2. The van der Waals surface area contributed by atoms with Gasteiger partial charge in [0.15, 0.2) is 5.17 Å². The molecule has 0 spiro atoms. The molecule has 0 radical (unpaired) electrons. The van der Waals surface area contributed by atoms with Crippen LogP contribution in [0.5, 0.6) is 5.75 Å². The van der Waals surface area contributed by atoms with E-state index in [1.54, 1.807) is 18.2 Å². The molecule has 1 fully saturated rings. The van der Waals surface area contributed by atoms with Gasteiger partial charge in [0.25, 0.3) is 5.91 Å². The number of carbonyl (C=O) groups is 1. The number of hydrogen-bond donors (Lipinski definition) is 0. The van der Waals surface area contributed by atoms with Crippen molar-refractivity contribution in [2.45, 2.75) is 25.9 Å². The Kier molecular flexibility index (Phi) is 7.27. The van der Waals surface area contributed by atoms with Crippen molar-refractivity contribution in [1.29, 1.82) is 0 Å². The van der Waals surface area contributed by atoms with Gasteiger partial charge in [-0.1, -0.05) is 36.4 Å². The molecule has 196 valence electrons. The fraction of sp³-hybridized carbons (Fsp3) is 0.194. The Bertz CT molecular complexity index is 1540. The molecular weight excluding hydrogens is 511 g/mol. The predicted octanol–water partition coefficient (Wildman–Crippen LogP) is 6.71. The van der Waals surface area contributed by atoms with Gasteiger partial charge >= 0.3 is 0 Å². The fourth-order valence-electron chi connectivity index (χ4n) is 4.68. The largest absolute Gasteiger partial charge is 0.489 e. The van der Waals surface area contributed by atoms with Crippen LogP contribution in [0.2, 0.25) is 0 Å². The number of nitrogens with zero attached hydrogens (tertiary/aromatic N) is 4. The molecule has 4 aromatic rings. The monoisotopic (exact) mass is 538 g/mol. The Morgan fingerprint density at radius 1 is 0.923 bits per heavy atom. The van der Waals surface area contributed by atoms with E-state index >= 15 is 0 Å². The summed E-state index contributed by atoms with van der Waals surface area (Å²) in [6.07, 6.45) is 7.30. The zero-order valence-corrected chi connectivity index (χ0v) is 22.1. The summed E-state index contributed by atoms with van der Waals surface area (Å²) in [6, 6.07) is 24.0. The number of halogens is 1. The van der Waals surface area contributed by atoms with E-state index in [1.807, 2.05) is 71.6 Å². The molecule has 3 aromatic carbocycles. The molecule has 0 N–H and O–H groups in total. The maximum Gasteiger partial charge on any atom is 0.286 e. The number of para-hydroxylation sites is 1. The zero-order chi connectivity index (χ0) is 26.6. The predicted molar refractivity (Wildman–Crippen MR) is 153 cm³/mol. The van der Waals surface area contributed by atoms with Gasteiger partial charge in [0.05, 0.1) is 16.3 Å². The van der Waals surface area contributed by atoms with E-state index in [0.717, 1.165) is 53.6 Å². The second-order valence-electron chi connectivity index (χ2n) is 9.48. The Labute approximate surface area is 230 Å². The molecule has 0 saturated carbocycles. The molecule has 3 heterocycles. The van der Waals surface area contributed by atoms with Crippen LogP contribution >= 0.6 is 11.8 Å². The van der Waals surface area contributed by atoms with Crippen LogP contribution in [-0.2, 0) is 11.4 Å². The number of likely N-dealkylation sites (tertiary alicyclic amines) is 1. The molecule has 1 amide bonds. The Hall–Kier alpha value is -4.17. The first-order chi connectivity index (χ1) is 19.1. The van der Waals surface area contributed by atoms with Crippen LogP contribution in [0, 0.1) is 5.82 Å². The molecule has 39 heavy (non-hydrogen) atoms. The third-order valence-corrected chi connectivity index (χ3v) is 7.81. The molecular formula is C31H27FN4O2S. The molecule has 0 bridgehead atoms. The second kappa shape index (κ2) is 11.3. The maximum absolute atomic E-state index is 14.0. The Morgan fingerprint density at radius 2 is 1.67 bits per heavy atom. The summed E-state index contributed by atoms with van der Waals surface area (Å²) in [7, 11) is 0. The van der Waals surface area contributed by atoms with E-state index < -0.39 is 0 Å². The summed E-state index contributed by atoms with van der Waals surface area (Å²) in [4.78, 5) is 20.0. The highest BCUT2D eigenvalue weighted by molar-refractivity contribution is 8.18. The minimum atomic E-state index is -0.287. The van der Waals surface area contributed by atoms with Gasteiger partial charge in [-0.3, -0.25) is 4.79 Å². The van der Waals surface area contributed by atoms with E-state index in [1.165, 1.54) is 24.2 Å². The summed E-state index contributed by atoms with van der Waals surface area (Å²) in [6.45, 7) is 2.02. The highest BCUT2D eigenvalue weighted by Crippen LogP contribution is 2.34. The number of ether oxygens (including phenoxy) is 1. The zero-order valence-electron chi connectivity index (χ0n) is 21.3. The minimum Gasteiger partial charge on any atom is -0.489 e. The molecule has 0 aliphatic carbocycles. The van der Waals surface area contributed by atoms with Crippen molar-refractivity contribution in [2.75, 3.05) is 13.1 Å². The summed E-state index contributed by atoms with van der Waals surface area (Å²) in [5.74, 6) is 0.131. The lowest BCUT2D eigenvalue weighted by Crippen LogP contribution is -2.33. The average molecular weight is 539 g/mol. The summed E-state index contributed by atoms with van der Waals surface area (Å²) in [5, 5.41) is 5.67. The van der Waals surface area contributed by atoms with Crippen molar-refractivity contribution < 1.29 is 13.9 Å². The van der Waals surface area contributed by atoms with Crippen LogP contribution in [-0.4, -0.2) is 38.8 Å². The Morgan fingerprint density at radius 3 is 2.44 bits per heavy atom. The lowest BCUT2D eigenvalue weighted by atomic mass is 10.1. The van der Waals surface area contributed by atoms with Crippen LogP contribution in [0.15, 0.2) is 95.0 Å². The molecule has 0 atom stereocenters. The van der Waals surface area contributed by atoms with Crippen LogP contribution in [0.1, 0.15) is 30.4 Å². The molecule has 6 rings (SSSR count). The normalized spacial score (nSPS) is 16.5. The van der Waals surface area contributed by atoms with Crippen molar-refractivity contribution in [1.82, 2.24) is 14.7 Å². The molecule has 2 aliphatic heterocycles. The summed E-state index contributed by atoms with van der Waals surface area (Å²) in [5.41, 5.74) is 3.87. The highest BCUT2D eigenvalue weighted by atomic mass is 32.2. The number of hydrogen-bond acceptors (Lipinski definition) is 5. The van der Waals surface area contributed by atoms with Gasteiger partial charge in [-0.2, -0.15) is 10.1 Å². The number of rotatable bonds is 6. The smallest absolute Gasteiger partial charge is 0.286 e. The van der Waals surface area contributed by atoms with Crippen LogP contribution in [0.25, 0.3) is 23.0 Å². The van der Waals surface area contributed by atoms with Gasteiger partial charge in [0.2, 0.25) is 0 Å². The number of carbonyl (C=O) groups excluding carboxylic acids is 1.